The van der Waals surface area contributed by atoms with Crippen molar-refractivity contribution >= 4 is 5.84 Å². The quantitative estimate of drug-likeness (QED) is 0.167. The van der Waals surface area contributed by atoms with Crippen molar-refractivity contribution in [2.75, 3.05) is 13.2 Å². The first kappa shape index (κ1) is 14.2. The molecule has 0 radical (unpaired) electrons. The van der Waals surface area contributed by atoms with Crippen molar-refractivity contribution in [3.05, 3.63) is 0 Å². The Bertz CT molecular complexity index is 205. The van der Waals surface area contributed by atoms with Crippen LogP contribution in [0.25, 0.3) is 0 Å². The average molecular weight is 219 g/mol. The topological polar surface area (TPSA) is 111 Å². The van der Waals surface area contributed by atoms with Crippen molar-refractivity contribution < 1.29 is 15.4 Å². The van der Waals surface area contributed by atoms with E-state index < -0.39 is 5.54 Å². The molecule has 0 aromatic rings. The first-order valence-electron chi connectivity index (χ1n) is 4.97. The molecule has 0 bridgehead atoms. The molecule has 0 saturated carbocycles. The Morgan fingerprint density at radius 1 is 1.47 bits per heavy atom. The van der Waals surface area contributed by atoms with Crippen LogP contribution in [0.1, 0.15) is 26.7 Å². The van der Waals surface area contributed by atoms with Crippen LogP contribution in [0.5, 0.6) is 0 Å². The van der Waals surface area contributed by atoms with Gasteiger partial charge in [0, 0.05) is 12.5 Å². The van der Waals surface area contributed by atoms with Gasteiger partial charge in [0.1, 0.15) is 5.84 Å². The van der Waals surface area contributed by atoms with Gasteiger partial charge in [-0.2, -0.15) is 0 Å². The van der Waals surface area contributed by atoms with Gasteiger partial charge in [0.15, 0.2) is 0 Å². The van der Waals surface area contributed by atoms with Gasteiger partial charge >= 0.3 is 0 Å². The van der Waals surface area contributed by atoms with E-state index in [1.165, 1.54) is 0 Å². The third kappa shape index (κ3) is 4.96. The summed E-state index contributed by atoms with van der Waals surface area (Å²) in [6.07, 6.45) is 1.13. The van der Waals surface area contributed by atoms with E-state index in [-0.39, 0.29) is 25.1 Å². The number of hydrogen-bond donors (Lipinski definition) is 5. The molecule has 0 rings (SSSR count). The summed E-state index contributed by atoms with van der Waals surface area (Å²) < 4.78 is 0. The minimum absolute atomic E-state index is 0.0369. The van der Waals surface area contributed by atoms with Crippen LogP contribution in [0.3, 0.4) is 0 Å². The summed E-state index contributed by atoms with van der Waals surface area (Å²) in [6.45, 7) is 3.31. The highest BCUT2D eigenvalue weighted by molar-refractivity contribution is 5.80. The van der Waals surface area contributed by atoms with Crippen molar-refractivity contribution in [1.29, 1.82) is 0 Å². The fourth-order valence-corrected chi connectivity index (χ4v) is 1.22. The maximum Gasteiger partial charge on any atom is 0.140 e. The molecule has 1 unspecified atom stereocenters. The van der Waals surface area contributed by atoms with E-state index >= 15 is 0 Å². The van der Waals surface area contributed by atoms with E-state index in [0.717, 1.165) is 6.42 Å². The molecule has 0 aliphatic rings. The van der Waals surface area contributed by atoms with E-state index in [1.807, 2.05) is 6.92 Å². The Kier molecular flexibility index (Phi) is 6.23. The van der Waals surface area contributed by atoms with Crippen LogP contribution < -0.4 is 11.1 Å². The van der Waals surface area contributed by atoms with Crippen molar-refractivity contribution in [1.82, 2.24) is 5.32 Å². The number of hydrogen-bond acceptors (Lipinski definition) is 5. The van der Waals surface area contributed by atoms with Crippen LogP contribution >= 0.6 is 0 Å². The van der Waals surface area contributed by atoms with Crippen molar-refractivity contribution in [2.45, 2.75) is 38.3 Å². The van der Waals surface area contributed by atoms with Crippen LogP contribution in [-0.4, -0.2) is 46.1 Å². The van der Waals surface area contributed by atoms with Crippen molar-refractivity contribution in [3.63, 3.8) is 0 Å². The molecule has 0 fully saturated rings. The van der Waals surface area contributed by atoms with Gasteiger partial charge in [-0.3, -0.25) is 0 Å². The molecule has 6 N–H and O–H groups in total. The van der Waals surface area contributed by atoms with E-state index in [1.54, 1.807) is 6.92 Å². The lowest BCUT2D eigenvalue weighted by Crippen LogP contribution is -2.54. The third-order valence-corrected chi connectivity index (χ3v) is 2.33. The fraction of sp³-hybridized carbons (Fsp3) is 0.889. The Morgan fingerprint density at radius 2 is 2.00 bits per heavy atom. The number of amidine groups is 1. The first-order valence-corrected chi connectivity index (χ1v) is 4.97. The maximum atomic E-state index is 9.09. The summed E-state index contributed by atoms with van der Waals surface area (Å²) in [5, 5.41) is 32.6. The molecule has 0 saturated heterocycles. The zero-order valence-corrected chi connectivity index (χ0v) is 9.27. The molecular formula is C9H21N3O3. The fourth-order valence-electron chi connectivity index (χ4n) is 1.22. The second-order valence-electron chi connectivity index (χ2n) is 3.92. The zero-order chi connectivity index (χ0) is 11.9. The summed E-state index contributed by atoms with van der Waals surface area (Å²) in [6, 6.07) is -0.0369. The number of nitrogens with two attached hydrogens (primary N) is 1. The largest absolute Gasteiger partial charge is 0.409 e. The normalized spacial score (nSPS) is 15.3. The third-order valence-electron chi connectivity index (χ3n) is 2.33. The number of oxime groups is 1. The van der Waals surface area contributed by atoms with Gasteiger partial charge in [0.2, 0.25) is 0 Å². The molecule has 0 spiro atoms. The molecule has 90 valence electrons. The second-order valence-corrected chi connectivity index (χ2v) is 3.92. The van der Waals surface area contributed by atoms with Gasteiger partial charge < -0.3 is 26.5 Å². The molecule has 0 aliphatic heterocycles. The van der Waals surface area contributed by atoms with Gasteiger partial charge in [-0.25, -0.2) is 0 Å². The molecule has 6 nitrogen and oxygen atoms in total. The van der Waals surface area contributed by atoms with Crippen LogP contribution in [0, 0.1) is 0 Å². The number of aliphatic hydroxyl groups is 2. The number of aliphatic hydroxyl groups excluding tert-OH is 2. The smallest absolute Gasteiger partial charge is 0.140 e. The molecule has 0 amide bonds. The first-order chi connectivity index (χ1) is 7.01. The molecule has 0 heterocycles. The maximum absolute atomic E-state index is 9.09. The molecule has 0 aromatic heterocycles. The van der Waals surface area contributed by atoms with Crippen molar-refractivity contribution in [2.24, 2.45) is 10.9 Å². The van der Waals surface area contributed by atoms with Gasteiger partial charge in [-0.1, -0.05) is 12.1 Å². The Morgan fingerprint density at radius 3 is 2.33 bits per heavy atom. The summed E-state index contributed by atoms with van der Waals surface area (Å²) >= 11 is 0. The summed E-state index contributed by atoms with van der Waals surface area (Å²) in [7, 11) is 0. The van der Waals surface area contributed by atoms with E-state index in [4.69, 9.17) is 21.2 Å². The van der Waals surface area contributed by atoms with Gasteiger partial charge in [0.05, 0.1) is 18.8 Å². The molecule has 15 heavy (non-hydrogen) atoms. The SMILES string of the molecule is CCC(CC(N)=NO)NC(C)(CO)CO. The number of nitrogens with one attached hydrogen (secondary N) is 1. The molecule has 0 aliphatic carbocycles. The number of rotatable bonds is 7. The predicted molar refractivity (Wildman–Crippen MR) is 57.8 cm³/mol. The van der Waals surface area contributed by atoms with E-state index in [2.05, 4.69) is 10.5 Å². The summed E-state index contributed by atoms with van der Waals surface area (Å²) in [5.41, 5.74) is 4.65. The highest BCUT2D eigenvalue weighted by Gasteiger charge is 2.25. The van der Waals surface area contributed by atoms with Crippen LogP contribution in [0.4, 0.5) is 0 Å². The average Bonchev–Trinajstić information content (AvgIpc) is 2.27. The van der Waals surface area contributed by atoms with Crippen LogP contribution in [0.2, 0.25) is 0 Å². The van der Waals surface area contributed by atoms with Crippen LogP contribution in [0.15, 0.2) is 5.16 Å². The molecule has 0 aromatic carbocycles. The summed E-state index contributed by atoms with van der Waals surface area (Å²) in [4.78, 5) is 0. The second kappa shape index (κ2) is 6.60. The lowest BCUT2D eigenvalue weighted by molar-refractivity contribution is 0.0938. The van der Waals surface area contributed by atoms with Crippen LogP contribution in [-0.2, 0) is 0 Å². The number of nitrogens with zero attached hydrogens (tertiary/aromatic N) is 1. The van der Waals surface area contributed by atoms with Gasteiger partial charge in [0.25, 0.3) is 0 Å². The Hall–Kier alpha value is -0.850. The monoisotopic (exact) mass is 219 g/mol. The zero-order valence-electron chi connectivity index (χ0n) is 9.27. The van der Waals surface area contributed by atoms with Crippen molar-refractivity contribution in [3.8, 4) is 0 Å². The lowest BCUT2D eigenvalue weighted by Gasteiger charge is -2.31. The van der Waals surface area contributed by atoms with Gasteiger partial charge in [-0.05, 0) is 13.3 Å². The lowest BCUT2D eigenvalue weighted by atomic mass is 10.0. The molecular weight excluding hydrogens is 198 g/mol. The Labute approximate surface area is 89.8 Å². The minimum Gasteiger partial charge on any atom is -0.409 e. The van der Waals surface area contributed by atoms with E-state index in [9.17, 15) is 0 Å². The summed E-state index contributed by atoms with van der Waals surface area (Å²) in [5.74, 6) is 0.132. The van der Waals surface area contributed by atoms with E-state index in [0.29, 0.717) is 6.42 Å². The highest BCUT2D eigenvalue weighted by Crippen LogP contribution is 2.07. The highest BCUT2D eigenvalue weighted by atomic mass is 16.4. The molecule has 1 atom stereocenters. The standard InChI is InChI=1S/C9H21N3O3/c1-3-7(4-8(10)12-15)11-9(2,5-13)6-14/h7,11,13-15H,3-6H2,1-2H3,(H2,10,12). The van der Waals surface area contributed by atoms with Gasteiger partial charge in [-0.15, -0.1) is 0 Å². The molecule has 6 heteroatoms. The Balaban J connectivity index is 4.31. The minimum atomic E-state index is -0.740. The predicted octanol–water partition coefficient (Wildman–Crippen LogP) is -0.766.